The van der Waals surface area contributed by atoms with Crippen molar-refractivity contribution in [3.63, 3.8) is 0 Å². The Bertz CT molecular complexity index is 509. The fraction of sp³-hybridized carbons (Fsp3) is 0.588. The third-order valence-electron chi connectivity index (χ3n) is 3.94. The van der Waals surface area contributed by atoms with E-state index in [4.69, 9.17) is 11.6 Å². The Morgan fingerprint density at radius 1 is 1.43 bits per heavy atom. The monoisotopic (exact) mass is 401 g/mol. The van der Waals surface area contributed by atoms with Gasteiger partial charge in [0.2, 0.25) is 5.91 Å². The average Bonchev–Trinajstić information content (AvgIpc) is 2.54. The summed E-state index contributed by atoms with van der Waals surface area (Å²) in [5, 5.41) is 3.53. The summed E-state index contributed by atoms with van der Waals surface area (Å²) < 4.78 is 1.09. The van der Waals surface area contributed by atoms with E-state index in [-0.39, 0.29) is 17.8 Å². The molecule has 128 valence electrons. The molecular weight excluding hydrogens is 378 g/mol. The zero-order valence-electron chi connectivity index (χ0n) is 13.8. The number of anilines is 1. The predicted octanol–water partition coefficient (Wildman–Crippen LogP) is 2.95. The number of piperazine rings is 1. The number of hydrogen-bond acceptors (Lipinski definition) is 3. The second kappa shape index (κ2) is 8.90. The molecule has 0 saturated carbocycles. The van der Waals surface area contributed by atoms with Gasteiger partial charge in [-0.25, -0.2) is 0 Å². The summed E-state index contributed by atoms with van der Waals surface area (Å²) in [5.41, 5.74) is 1.22. The van der Waals surface area contributed by atoms with Crippen LogP contribution in [-0.2, 0) is 4.79 Å². The summed E-state index contributed by atoms with van der Waals surface area (Å²) in [6, 6.07) is 8.64. The van der Waals surface area contributed by atoms with Gasteiger partial charge in [0.05, 0.1) is 0 Å². The molecule has 0 aromatic heterocycles. The van der Waals surface area contributed by atoms with Gasteiger partial charge in [-0.05, 0) is 30.2 Å². The molecule has 1 aromatic carbocycles. The van der Waals surface area contributed by atoms with E-state index < -0.39 is 0 Å². The normalized spacial score (nSPS) is 18.3. The highest BCUT2D eigenvalue weighted by Crippen LogP contribution is 2.20. The van der Waals surface area contributed by atoms with Gasteiger partial charge >= 0.3 is 0 Å². The highest BCUT2D eigenvalue weighted by Gasteiger charge is 2.24. The van der Waals surface area contributed by atoms with E-state index in [1.807, 2.05) is 4.90 Å². The van der Waals surface area contributed by atoms with Crippen LogP contribution in [0.2, 0.25) is 0 Å². The Morgan fingerprint density at radius 3 is 2.74 bits per heavy atom. The fourth-order valence-electron chi connectivity index (χ4n) is 2.90. The van der Waals surface area contributed by atoms with Gasteiger partial charge in [0, 0.05) is 48.9 Å². The SMILES string of the molecule is CC(C)CN(CC1CN(c2ccc(Br)cc2)CCN1)C(=O)CCl. The molecule has 1 aromatic rings. The molecule has 1 N–H and O–H groups in total. The number of halogens is 2. The maximum atomic E-state index is 12.1. The summed E-state index contributed by atoms with van der Waals surface area (Å²) in [4.78, 5) is 16.3. The minimum absolute atomic E-state index is 0.0166. The molecule has 1 heterocycles. The lowest BCUT2D eigenvalue weighted by Gasteiger charge is -2.38. The van der Waals surface area contributed by atoms with E-state index in [1.165, 1.54) is 5.69 Å². The van der Waals surface area contributed by atoms with Crippen molar-refractivity contribution in [1.82, 2.24) is 10.2 Å². The zero-order valence-corrected chi connectivity index (χ0v) is 16.1. The molecule has 6 heteroatoms. The Labute approximate surface area is 152 Å². The number of carbonyl (C=O) groups excluding carboxylic acids is 1. The van der Waals surface area contributed by atoms with Gasteiger partial charge in [0.1, 0.15) is 5.88 Å². The largest absolute Gasteiger partial charge is 0.369 e. The van der Waals surface area contributed by atoms with Crippen molar-refractivity contribution >= 4 is 39.1 Å². The van der Waals surface area contributed by atoms with Crippen molar-refractivity contribution in [2.45, 2.75) is 19.9 Å². The van der Waals surface area contributed by atoms with Crippen LogP contribution in [0.3, 0.4) is 0 Å². The van der Waals surface area contributed by atoms with Crippen LogP contribution in [0.25, 0.3) is 0 Å². The van der Waals surface area contributed by atoms with Crippen molar-refractivity contribution in [3.05, 3.63) is 28.7 Å². The molecule has 0 radical (unpaired) electrons. The molecule has 1 unspecified atom stereocenters. The summed E-state index contributed by atoms with van der Waals surface area (Å²) in [6.45, 7) is 8.50. The number of nitrogens with zero attached hydrogens (tertiary/aromatic N) is 2. The maximum absolute atomic E-state index is 12.1. The lowest BCUT2D eigenvalue weighted by molar-refractivity contribution is -0.129. The van der Waals surface area contributed by atoms with Crippen LogP contribution < -0.4 is 10.2 Å². The lowest BCUT2D eigenvalue weighted by atomic mass is 10.1. The number of amides is 1. The molecule has 0 aliphatic carbocycles. The molecule has 1 amide bonds. The van der Waals surface area contributed by atoms with E-state index in [0.717, 1.165) is 30.7 Å². The van der Waals surface area contributed by atoms with E-state index in [0.29, 0.717) is 12.5 Å². The Morgan fingerprint density at radius 2 is 2.13 bits per heavy atom. The summed E-state index contributed by atoms with van der Waals surface area (Å²) in [7, 11) is 0. The highest BCUT2D eigenvalue weighted by molar-refractivity contribution is 9.10. The minimum Gasteiger partial charge on any atom is -0.369 e. The summed E-state index contributed by atoms with van der Waals surface area (Å²) >= 11 is 9.23. The number of carbonyl (C=O) groups is 1. The molecule has 0 spiro atoms. The number of nitrogens with one attached hydrogen (secondary N) is 1. The van der Waals surface area contributed by atoms with E-state index >= 15 is 0 Å². The Hall–Kier alpha value is -0.780. The van der Waals surface area contributed by atoms with Crippen LogP contribution in [0.4, 0.5) is 5.69 Å². The quantitative estimate of drug-likeness (QED) is 0.743. The van der Waals surface area contributed by atoms with Gasteiger partial charge in [-0.15, -0.1) is 11.6 Å². The van der Waals surface area contributed by atoms with Crippen molar-refractivity contribution in [2.24, 2.45) is 5.92 Å². The molecule has 1 aliphatic rings. The lowest BCUT2D eigenvalue weighted by Crippen LogP contribution is -2.56. The van der Waals surface area contributed by atoms with Crippen molar-refractivity contribution in [1.29, 1.82) is 0 Å². The first-order chi connectivity index (χ1) is 11.0. The first kappa shape index (κ1) is 18.6. The standard InChI is InChI=1S/C17H25BrClN3O/c1-13(2)10-22(17(23)9-19)12-15-11-21(8-7-20-15)16-5-3-14(18)4-6-16/h3-6,13,15,20H,7-12H2,1-2H3. The topological polar surface area (TPSA) is 35.6 Å². The van der Waals surface area contributed by atoms with Gasteiger partial charge in [0.15, 0.2) is 0 Å². The molecule has 23 heavy (non-hydrogen) atoms. The highest BCUT2D eigenvalue weighted by atomic mass is 79.9. The maximum Gasteiger partial charge on any atom is 0.237 e. The smallest absolute Gasteiger partial charge is 0.237 e. The van der Waals surface area contributed by atoms with Crippen LogP contribution in [0.1, 0.15) is 13.8 Å². The molecule has 1 saturated heterocycles. The molecule has 2 rings (SSSR count). The van der Waals surface area contributed by atoms with Crippen molar-refractivity contribution < 1.29 is 4.79 Å². The number of alkyl halides is 1. The van der Waals surface area contributed by atoms with Gasteiger partial charge in [-0.2, -0.15) is 0 Å². The van der Waals surface area contributed by atoms with E-state index in [9.17, 15) is 4.79 Å². The van der Waals surface area contributed by atoms with Gasteiger partial charge in [-0.1, -0.05) is 29.8 Å². The molecule has 0 bridgehead atoms. The van der Waals surface area contributed by atoms with Crippen molar-refractivity contribution in [2.75, 3.05) is 43.5 Å². The molecule has 4 nitrogen and oxygen atoms in total. The van der Waals surface area contributed by atoms with Crippen LogP contribution in [-0.4, -0.2) is 55.5 Å². The van der Waals surface area contributed by atoms with Crippen LogP contribution in [0, 0.1) is 5.92 Å². The Balaban J connectivity index is 1.99. The predicted molar refractivity (Wildman–Crippen MR) is 100 cm³/mol. The Kier molecular flexibility index (Phi) is 7.18. The van der Waals surface area contributed by atoms with Crippen molar-refractivity contribution in [3.8, 4) is 0 Å². The van der Waals surface area contributed by atoms with Crippen LogP contribution >= 0.6 is 27.5 Å². The molecule has 1 aliphatic heterocycles. The van der Waals surface area contributed by atoms with E-state index in [1.54, 1.807) is 0 Å². The van der Waals surface area contributed by atoms with E-state index in [2.05, 4.69) is 64.3 Å². The third-order valence-corrected chi connectivity index (χ3v) is 4.70. The minimum atomic E-state index is 0.0166. The summed E-state index contributed by atoms with van der Waals surface area (Å²) in [6.07, 6.45) is 0. The second-order valence-corrected chi connectivity index (χ2v) is 7.58. The number of hydrogen-bond donors (Lipinski definition) is 1. The van der Waals surface area contributed by atoms with Crippen LogP contribution in [0.15, 0.2) is 28.7 Å². The fourth-order valence-corrected chi connectivity index (χ4v) is 3.34. The molecule has 1 atom stereocenters. The second-order valence-electron chi connectivity index (χ2n) is 6.40. The van der Waals surface area contributed by atoms with Gasteiger partial charge in [0.25, 0.3) is 0 Å². The molecule has 1 fully saturated rings. The number of benzene rings is 1. The van der Waals surface area contributed by atoms with Gasteiger partial charge < -0.3 is 15.1 Å². The number of rotatable bonds is 6. The van der Waals surface area contributed by atoms with Gasteiger partial charge in [-0.3, -0.25) is 4.79 Å². The third kappa shape index (κ3) is 5.66. The first-order valence-corrected chi connectivity index (χ1v) is 9.40. The van der Waals surface area contributed by atoms with Crippen LogP contribution in [0.5, 0.6) is 0 Å². The first-order valence-electron chi connectivity index (χ1n) is 8.07. The molecular formula is C17H25BrClN3O. The zero-order chi connectivity index (χ0) is 16.8. The average molecular weight is 403 g/mol. The summed E-state index contributed by atoms with van der Waals surface area (Å²) in [5.74, 6) is 0.506.